The molecule has 0 saturated heterocycles. The van der Waals surface area contributed by atoms with Gasteiger partial charge in [-0.25, -0.2) is 0 Å². The average Bonchev–Trinajstić information content (AvgIpc) is 2.98. The molecule has 0 nitrogen and oxygen atoms in total. The summed E-state index contributed by atoms with van der Waals surface area (Å²) >= 11 is -2.61. The molecule has 0 spiro atoms. The van der Waals surface area contributed by atoms with Crippen molar-refractivity contribution in [2.24, 2.45) is 0 Å². The fourth-order valence-electron chi connectivity index (χ4n) is 3.41. The van der Waals surface area contributed by atoms with Crippen LogP contribution in [0.5, 0.6) is 0 Å². The maximum absolute atomic E-state index is 2.61. The monoisotopic (exact) mass is 402 g/mol. The van der Waals surface area contributed by atoms with Gasteiger partial charge in [0.15, 0.2) is 0 Å². The number of hydrogen-bond donors (Lipinski definition) is 0. The normalized spacial score (nSPS) is 18.5. The molecule has 0 unspecified atom stereocenters. The minimum atomic E-state index is -2.61. The summed E-state index contributed by atoms with van der Waals surface area (Å²) in [6.45, 7) is 13.6. The molecule has 0 heterocycles. The fraction of sp³-hybridized carbons (Fsp3) is 0.652. The van der Waals surface area contributed by atoms with E-state index in [1.165, 1.54) is 36.1 Å². The maximum atomic E-state index is 2.60. The van der Waals surface area contributed by atoms with Gasteiger partial charge in [0.1, 0.15) is 0 Å². The quantitative estimate of drug-likeness (QED) is 0.236. The molecule has 0 amide bonds. The summed E-state index contributed by atoms with van der Waals surface area (Å²) in [7, 11) is -1.05. The van der Waals surface area contributed by atoms with E-state index in [-0.39, 0.29) is 0 Å². The van der Waals surface area contributed by atoms with Gasteiger partial charge >= 0.3 is 159 Å². The van der Waals surface area contributed by atoms with Gasteiger partial charge in [0.25, 0.3) is 0 Å². The molecular formula is C23H47PTi. The second-order valence-electron chi connectivity index (χ2n) is 12.1. The van der Waals surface area contributed by atoms with Crippen LogP contribution in [0.1, 0.15) is 48.0 Å². The zero-order chi connectivity index (χ0) is 20.0. The Kier molecular flexibility index (Phi) is 8.45. The van der Waals surface area contributed by atoms with E-state index in [2.05, 4.69) is 97.8 Å². The van der Waals surface area contributed by atoms with Gasteiger partial charge in [-0.05, 0) is 0 Å². The molecule has 25 heavy (non-hydrogen) atoms. The number of rotatable bonds is 6. The van der Waals surface area contributed by atoms with Crippen molar-refractivity contribution >= 4 is 7.26 Å². The first-order chi connectivity index (χ1) is 11.1. The second kappa shape index (κ2) is 8.41. The van der Waals surface area contributed by atoms with Crippen molar-refractivity contribution in [3.63, 3.8) is 0 Å². The van der Waals surface area contributed by atoms with E-state index in [1.807, 2.05) is 0 Å². The minimum absolute atomic E-state index is 1.05. The van der Waals surface area contributed by atoms with Crippen LogP contribution in [-0.4, -0.2) is 18.5 Å². The van der Waals surface area contributed by atoms with Gasteiger partial charge < -0.3 is 0 Å². The molecule has 148 valence electrons. The molecule has 0 N–H and O–H groups in total. The van der Waals surface area contributed by atoms with Crippen molar-refractivity contribution in [1.29, 1.82) is 0 Å². The molecule has 0 aromatic heterocycles. The molecule has 2 heteroatoms. The van der Waals surface area contributed by atoms with E-state index in [0.717, 1.165) is 0 Å². The molecule has 0 aromatic rings. The molecule has 0 fully saturated rings. The Balaban J connectivity index is 0.000000472. The van der Waals surface area contributed by atoms with Crippen LogP contribution >= 0.6 is 7.26 Å². The van der Waals surface area contributed by atoms with Crippen LogP contribution in [0.15, 0.2) is 45.1 Å². The van der Waals surface area contributed by atoms with Gasteiger partial charge in [-0.15, -0.1) is 0 Å². The molecule has 0 atom stereocenters. The predicted molar refractivity (Wildman–Crippen MR) is 124 cm³/mol. The molecule has 1 rings (SSSR count). The zero-order valence-corrected chi connectivity index (χ0v) is 21.8. The first-order valence-corrected chi connectivity index (χ1v) is 21.6. The first kappa shape index (κ1) is 25.1. The molecule has 0 saturated carbocycles. The van der Waals surface area contributed by atoms with Gasteiger partial charge in [0.2, 0.25) is 0 Å². The number of allylic oxidation sites excluding steroid dienone is 7. The van der Waals surface area contributed by atoms with Gasteiger partial charge in [0.05, 0.1) is 0 Å². The van der Waals surface area contributed by atoms with E-state index in [1.54, 1.807) is 3.88 Å². The van der Waals surface area contributed by atoms with Crippen molar-refractivity contribution in [2.75, 3.05) is 18.5 Å². The van der Waals surface area contributed by atoms with Crippen molar-refractivity contribution < 1.29 is 14.0 Å². The zero-order valence-electron chi connectivity index (χ0n) is 19.2. The van der Waals surface area contributed by atoms with E-state index in [9.17, 15) is 0 Å². The van der Waals surface area contributed by atoms with Crippen molar-refractivity contribution in [3.05, 3.63) is 45.1 Å². The van der Waals surface area contributed by atoms with Crippen LogP contribution in [0, 0.1) is 0 Å². The summed E-state index contributed by atoms with van der Waals surface area (Å²) in [5, 5.41) is 12.4. The summed E-state index contributed by atoms with van der Waals surface area (Å²) in [6, 6.07) is 0. The van der Waals surface area contributed by atoms with Crippen molar-refractivity contribution in [2.45, 2.75) is 74.1 Å². The summed E-state index contributed by atoms with van der Waals surface area (Å²) < 4.78 is 1.70. The van der Waals surface area contributed by atoms with Gasteiger partial charge in [-0.2, -0.15) is 0 Å². The van der Waals surface area contributed by atoms with Crippen LogP contribution in [0.4, 0.5) is 0 Å². The van der Waals surface area contributed by atoms with Gasteiger partial charge in [-0.1, -0.05) is 0 Å². The summed E-state index contributed by atoms with van der Waals surface area (Å²) in [6.07, 6.45) is 14.4. The molecule has 1 aliphatic rings. The SMILES string of the molecule is CC[PH](C=C(C)C=C(C)C)(CC)CC.[CH3][Ti]([CH3])([CH3])([CH3])([CH3])[C]1=CC=CC1. The van der Waals surface area contributed by atoms with Gasteiger partial charge in [-0.3, -0.25) is 0 Å². The van der Waals surface area contributed by atoms with Crippen molar-refractivity contribution in [1.82, 2.24) is 0 Å². The van der Waals surface area contributed by atoms with Crippen LogP contribution in [0.2, 0.25) is 26.1 Å². The molecule has 1 aliphatic carbocycles. The molecule has 0 radical (unpaired) electrons. The Hall–Kier alpha value is 0.104. The Bertz CT molecular complexity index is 548. The third-order valence-corrected chi connectivity index (χ3v) is 16.4. The molecule has 0 bridgehead atoms. The Morgan fingerprint density at radius 1 is 0.960 bits per heavy atom. The van der Waals surface area contributed by atoms with E-state index >= 15 is 0 Å². The summed E-state index contributed by atoms with van der Waals surface area (Å²) in [4.78, 5) is 0. The van der Waals surface area contributed by atoms with Gasteiger partial charge in [0, 0.05) is 0 Å². The molecule has 0 aliphatic heterocycles. The van der Waals surface area contributed by atoms with E-state index in [4.69, 9.17) is 0 Å². The first-order valence-electron chi connectivity index (χ1n) is 10.3. The average molecular weight is 402 g/mol. The Labute approximate surface area is 158 Å². The summed E-state index contributed by atoms with van der Waals surface area (Å²) in [5.41, 5.74) is 2.88. The topological polar surface area (TPSA) is 0 Å². The molecule has 0 aromatic carbocycles. The van der Waals surface area contributed by atoms with Crippen LogP contribution < -0.4 is 0 Å². The van der Waals surface area contributed by atoms with Crippen LogP contribution in [0.3, 0.4) is 0 Å². The molecular weight excluding hydrogens is 355 g/mol. The summed E-state index contributed by atoms with van der Waals surface area (Å²) in [5.74, 6) is 2.60. The predicted octanol–water partition coefficient (Wildman–Crippen LogP) is 8.96. The Morgan fingerprint density at radius 2 is 1.44 bits per heavy atom. The van der Waals surface area contributed by atoms with E-state index < -0.39 is 21.3 Å². The third kappa shape index (κ3) is 9.56. The van der Waals surface area contributed by atoms with Crippen LogP contribution in [0.25, 0.3) is 0 Å². The second-order valence-corrected chi connectivity index (χ2v) is 37.8. The number of hydrogen-bond acceptors (Lipinski definition) is 0. The Morgan fingerprint density at radius 3 is 1.68 bits per heavy atom. The van der Waals surface area contributed by atoms with Crippen molar-refractivity contribution in [3.8, 4) is 0 Å². The van der Waals surface area contributed by atoms with Crippen LogP contribution in [-0.2, 0) is 14.0 Å². The van der Waals surface area contributed by atoms with E-state index in [0.29, 0.717) is 0 Å². The standard InChI is InChI=1S/C13H27P.C5H5.5CH3.Ti/c1-7-14(8-2,9-3)11-13(6)10-12(4)5;1-2-4-5-3-1;;;;;;/h10-11,14H,7-9H2,1-6H3;1-3H,4H2;5*1H3;. The third-order valence-electron chi connectivity index (χ3n) is 5.54. The fourth-order valence-corrected chi connectivity index (χ4v) is 9.80.